The maximum absolute atomic E-state index is 13.4. The van der Waals surface area contributed by atoms with Crippen LogP contribution in [0.25, 0.3) is 22.3 Å². The van der Waals surface area contributed by atoms with Gasteiger partial charge in [-0.1, -0.05) is 46.1 Å². The highest BCUT2D eigenvalue weighted by molar-refractivity contribution is 6.08. The first kappa shape index (κ1) is 68.3. The molecule has 10 heterocycles. The lowest BCUT2D eigenvalue weighted by Gasteiger charge is -2.35. The van der Waals surface area contributed by atoms with Crippen LogP contribution in [0.15, 0.2) is 73.0 Å². The van der Waals surface area contributed by atoms with E-state index in [1.807, 2.05) is 26.8 Å². The molecular formula is C57H82N18O15. The number of nitrogen functional groups attached to an aromatic ring is 2. The van der Waals surface area contributed by atoms with Gasteiger partial charge in [-0.05, 0) is 43.0 Å². The van der Waals surface area contributed by atoms with E-state index in [1.54, 1.807) is 45.9 Å². The summed E-state index contributed by atoms with van der Waals surface area (Å²) in [5.74, 6) is -0.954. The Kier molecular flexibility index (Phi) is 24.2. The van der Waals surface area contributed by atoms with E-state index in [-0.39, 0.29) is 62.2 Å². The number of carbonyl (C=O) groups excluding carboxylic acids is 4. The molecule has 3 saturated heterocycles. The van der Waals surface area contributed by atoms with Gasteiger partial charge in [0.2, 0.25) is 17.7 Å². The molecule has 10 rings (SSSR count). The molecule has 0 spiro atoms. The van der Waals surface area contributed by atoms with Gasteiger partial charge < -0.3 is 92.8 Å². The quantitative estimate of drug-likeness (QED) is 0.0224. The number of fused-ring (bicyclic) bond motifs is 3. The number of Topliss-reactive ketones (excluding diaryl/α,β-unsaturated/α-hetero) is 1. The summed E-state index contributed by atoms with van der Waals surface area (Å²) in [6.45, 7) is 5.03. The molecular weight excluding hydrogens is 1180 g/mol. The normalized spacial score (nSPS) is 25.4. The third kappa shape index (κ3) is 15.2. The van der Waals surface area contributed by atoms with Crippen LogP contribution in [0.3, 0.4) is 0 Å². The van der Waals surface area contributed by atoms with Gasteiger partial charge in [0.1, 0.15) is 54.5 Å². The Morgan fingerprint density at radius 3 is 1.81 bits per heavy atom. The Hall–Kier alpha value is -7.61. The van der Waals surface area contributed by atoms with E-state index in [0.29, 0.717) is 53.0 Å². The predicted molar refractivity (Wildman–Crippen MR) is 322 cm³/mol. The number of nitrogens with two attached hydrogens (primary N) is 4. The van der Waals surface area contributed by atoms with E-state index < -0.39 is 111 Å². The summed E-state index contributed by atoms with van der Waals surface area (Å²) in [7, 11) is 1.51. The Balaban J connectivity index is 0.000000176. The number of amides is 3. The molecule has 0 saturated carbocycles. The fraction of sp³-hybridized carbons (Fsp3) is 0.561. The molecule has 4 aliphatic rings. The van der Waals surface area contributed by atoms with Crippen LogP contribution in [-0.2, 0) is 44.6 Å². The first-order valence-electron chi connectivity index (χ1n) is 29.7. The van der Waals surface area contributed by atoms with E-state index in [0.717, 1.165) is 24.8 Å². The van der Waals surface area contributed by atoms with Crippen LogP contribution in [-0.4, -0.2) is 222 Å². The summed E-state index contributed by atoms with van der Waals surface area (Å²) in [6.07, 6.45) is 7.37. The number of aliphatic imine (C=N–C) groups is 1. The van der Waals surface area contributed by atoms with Gasteiger partial charge in [0, 0.05) is 51.1 Å². The summed E-state index contributed by atoms with van der Waals surface area (Å²) in [4.78, 5) is 81.2. The number of nitrogens with one attached hydrogen (secondary N) is 3. The standard InChI is InChI=1S/C22H29N7O4.C19H30N6O6.C16H23N5O5/c1-2-4-15(24)21(32)28(10-13-5-3-7-25-9-13)18-16(11-30)33-22(19(18)31)29-12-27-17-14(23)6-8-26-20(17)29;1-3-4-12(23-9-30-10-29-2)18(28)24-15-13(7-26)31-19(16(15)27)25-8-22-14-11(20)5-6-21-17(14)25;1-2-3-8(17)15(25)20-12-10(6-22)26-16(13(12)24)21-7-19-11-9(23)4-5-18-14(11)21/h3,5-9,12,15-16,18-19,22,30-31H,2,4,10-11,24H2,1H3,(H2,23,26);5-6,8,12-13,15-16,19,23,26-27H,3-4,7,9-10H2,1-2H3,(H2,20,21)(H,24,28);5,7-8,10,12-13,16,22,24H,2-4,6,17H2,1H3,(H,20,25)/t15?,16-,18?,19+,22-;12?,13-,15?,16+,19-;8?,10-,12?,13+,16-/m111/s1. The highest BCUT2D eigenvalue weighted by Gasteiger charge is 2.51. The van der Waals surface area contributed by atoms with Gasteiger partial charge in [0.15, 0.2) is 47.3 Å². The number of pyridine rings is 3. The van der Waals surface area contributed by atoms with Crippen molar-refractivity contribution in [3.05, 3.63) is 79.3 Å². The number of carbonyl (C=O) groups is 4. The lowest BCUT2D eigenvalue weighted by molar-refractivity contribution is -0.139. The van der Waals surface area contributed by atoms with Crippen molar-refractivity contribution in [1.82, 2.24) is 64.5 Å². The van der Waals surface area contributed by atoms with Crippen molar-refractivity contribution < 1.29 is 73.5 Å². The van der Waals surface area contributed by atoms with Crippen molar-refractivity contribution in [1.29, 1.82) is 0 Å². The summed E-state index contributed by atoms with van der Waals surface area (Å²) >= 11 is 0. The second-order valence-corrected chi connectivity index (χ2v) is 21.9. The summed E-state index contributed by atoms with van der Waals surface area (Å²) < 4.78 is 32.2. The highest BCUT2D eigenvalue weighted by Crippen LogP contribution is 2.38. The molecule has 3 amide bonds. The fourth-order valence-corrected chi connectivity index (χ4v) is 11.1. The van der Waals surface area contributed by atoms with Crippen LogP contribution >= 0.6 is 0 Å². The van der Waals surface area contributed by atoms with Crippen LogP contribution in [0, 0.1) is 0 Å². The second-order valence-electron chi connectivity index (χ2n) is 21.9. The number of methoxy groups -OCH3 is 1. The monoisotopic (exact) mass is 1260 g/mol. The van der Waals surface area contributed by atoms with Crippen molar-refractivity contribution >= 4 is 69.2 Å². The highest BCUT2D eigenvalue weighted by atomic mass is 16.7. The molecule has 6 aromatic heterocycles. The van der Waals surface area contributed by atoms with Crippen LogP contribution in [0.2, 0.25) is 0 Å². The Morgan fingerprint density at radius 1 is 0.711 bits per heavy atom. The second kappa shape index (κ2) is 31.9. The van der Waals surface area contributed by atoms with Gasteiger partial charge in [0.25, 0.3) is 0 Å². The molecule has 33 heteroatoms. The van der Waals surface area contributed by atoms with Gasteiger partial charge in [-0.3, -0.25) is 43.2 Å². The predicted octanol–water partition coefficient (Wildman–Crippen LogP) is -1.70. The van der Waals surface area contributed by atoms with Crippen molar-refractivity contribution in [2.24, 2.45) is 16.5 Å². The maximum atomic E-state index is 13.4. The van der Waals surface area contributed by atoms with Crippen LogP contribution in [0.4, 0.5) is 17.2 Å². The van der Waals surface area contributed by atoms with Crippen molar-refractivity contribution in [3.63, 3.8) is 0 Å². The third-order valence-electron chi connectivity index (χ3n) is 15.7. The lowest BCUT2D eigenvalue weighted by atomic mass is 10.0. The number of hydrogen-bond acceptors (Lipinski definition) is 27. The zero-order valence-corrected chi connectivity index (χ0v) is 50.4. The SMILES string of the molecule is CCCC(N)C(=O)N(Cc1cccnc1)C1[C@@H](CO)O[C@@H](n2cnc3c(N)ccnc32)[C@H]1O.CCCC(N)C(=O)NC1[C@@H](CO)O[C@@H](n2cnc3c2N=CCC3=O)[C@H]1O.CCCC(NCOCOC)C(=O)NC1[C@@H](CO)O[C@@H](n2cnc3c(N)ccnc32)[C@H]1O. The maximum Gasteiger partial charge on any atom is 0.240 e. The molecule has 6 aromatic rings. The van der Waals surface area contributed by atoms with E-state index in [4.69, 9.17) is 46.6 Å². The minimum absolute atomic E-state index is 0.105. The zero-order chi connectivity index (χ0) is 64.8. The molecule has 90 heavy (non-hydrogen) atoms. The number of aliphatic hydroxyl groups is 6. The van der Waals surface area contributed by atoms with Gasteiger partial charge >= 0.3 is 0 Å². The molecule has 0 aromatic carbocycles. The number of aliphatic hydroxyl groups excluding tert-OH is 6. The summed E-state index contributed by atoms with van der Waals surface area (Å²) in [5, 5.41) is 70.9. The Bertz CT molecular complexity index is 3360. The number of anilines is 2. The average molecular weight is 1260 g/mol. The first-order valence-corrected chi connectivity index (χ1v) is 29.7. The van der Waals surface area contributed by atoms with Crippen LogP contribution < -0.4 is 38.9 Å². The summed E-state index contributed by atoms with van der Waals surface area (Å²) in [6, 6.07) is 2.35. The third-order valence-corrected chi connectivity index (χ3v) is 15.7. The van der Waals surface area contributed by atoms with Crippen molar-refractivity contribution in [2.75, 3.05) is 51.9 Å². The number of ketones is 1. The van der Waals surface area contributed by atoms with E-state index in [1.165, 1.54) is 48.0 Å². The Morgan fingerprint density at radius 2 is 1.26 bits per heavy atom. The zero-order valence-electron chi connectivity index (χ0n) is 50.4. The average Bonchev–Trinajstić information content (AvgIpc) is 1.70. The molecule has 33 nitrogen and oxygen atoms in total. The lowest BCUT2D eigenvalue weighted by Crippen LogP contribution is -2.55. The van der Waals surface area contributed by atoms with Crippen LogP contribution in [0.5, 0.6) is 0 Å². The first-order chi connectivity index (χ1) is 43.4. The molecule has 0 radical (unpaired) electrons. The number of imidazole rings is 3. The van der Waals surface area contributed by atoms with Gasteiger partial charge in [0.05, 0.1) is 93.2 Å². The van der Waals surface area contributed by atoms with Gasteiger partial charge in [-0.25, -0.2) is 29.9 Å². The summed E-state index contributed by atoms with van der Waals surface area (Å²) in [5.41, 5.74) is 27.6. The number of aromatic nitrogens is 9. The fourth-order valence-electron chi connectivity index (χ4n) is 11.1. The molecule has 3 fully saturated rings. The van der Waals surface area contributed by atoms with Gasteiger partial charge in [-0.15, -0.1) is 0 Å². The topological polar surface area (TPSA) is 484 Å². The van der Waals surface area contributed by atoms with E-state index in [2.05, 4.69) is 50.8 Å². The van der Waals surface area contributed by atoms with Gasteiger partial charge in [-0.2, -0.15) is 0 Å². The smallest absolute Gasteiger partial charge is 0.240 e. The molecule has 17 N–H and O–H groups in total. The molecule has 4 aliphatic heterocycles. The molecule has 6 unspecified atom stereocenters. The molecule has 0 aliphatic carbocycles. The number of rotatable bonds is 25. The van der Waals surface area contributed by atoms with Crippen LogP contribution in [0.1, 0.15) is 100 Å². The van der Waals surface area contributed by atoms with Crippen molar-refractivity contribution in [2.45, 2.75) is 164 Å². The Labute approximate surface area is 517 Å². The van der Waals surface area contributed by atoms with Crippen molar-refractivity contribution in [3.8, 4) is 0 Å². The molecule has 490 valence electrons. The minimum atomic E-state index is -1.18. The number of nitrogens with zero attached hydrogens (tertiary/aromatic N) is 11. The largest absolute Gasteiger partial charge is 0.397 e. The molecule has 0 bridgehead atoms. The minimum Gasteiger partial charge on any atom is -0.397 e. The van der Waals surface area contributed by atoms with E-state index in [9.17, 15) is 49.8 Å². The van der Waals surface area contributed by atoms with E-state index >= 15 is 0 Å². The number of ether oxygens (including phenoxy) is 5. The molecule has 15 atom stereocenters. The number of hydrogen-bond donors (Lipinski definition) is 13.